The van der Waals surface area contributed by atoms with Crippen LogP contribution in [0.5, 0.6) is 0 Å². The second-order valence-corrected chi connectivity index (χ2v) is 8.56. The van der Waals surface area contributed by atoms with Crippen LogP contribution in [0.25, 0.3) is 0 Å². The number of aromatic nitrogens is 4. The standard InChI is InChI=1S/C20H18ClF3N8O3S/c1-9(31-17(34)13-5-12(29-8-30-13)16(33)26-3-2-25)19-28-7-14(36-19)18(35)32-15-4-10(20(22,23)24)11(21)6-27-15/h4-9H,2-3,25H2,1H3,(H,26,33)(H,31,34)(H,27,32,35). The van der Waals surface area contributed by atoms with Crippen LogP contribution in [-0.2, 0) is 6.18 Å². The van der Waals surface area contributed by atoms with Crippen molar-refractivity contribution in [1.29, 1.82) is 0 Å². The number of rotatable bonds is 8. The van der Waals surface area contributed by atoms with Crippen molar-refractivity contribution in [1.82, 2.24) is 30.6 Å². The fraction of sp³-hybridized carbons (Fsp3) is 0.250. The lowest BCUT2D eigenvalue weighted by Gasteiger charge is -2.11. The molecule has 0 spiro atoms. The van der Waals surface area contributed by atoms with Crippen LogP contribution < -0.4 is 21.7 Å². The van der Waals surface area contributed by atoms with Crippen LogP contribution in [0, 0.1) is 0 Å². The molecule has 0 fully saturated rings. The molecule has 36 heavy (non-hydrogen) atoms. The first-order chi connectivity index (χ1) is 17.0. The summed E-state index contributed by atoms with van der Waals surface area (Å²) in [6, 6.07) is 1.17. The normalized spacial score (nSPS) is 12.1. The number of hydrogen-bond acceptors (Lipinski definition) is 9. The van der Waals surface area contributed by atoms with Gasteiger partial charge in [0.25, 0.3) is 17.7 Å². The lowest BCUT2D eigenvalue weighted by molar-refractivity contribution is -0.137. The Morgan fingerprint density at radius 3 is 2.42 bits per heavy atom. The van der Waals surface area contributed by atoms with Gasteiger partial charge in [0.1, 0.15) is 33.4 Å². The highest BCUT2D eigenvalue weighted by Crippen LogP contribution is 2.35. The van der Waals surface area contributed by atoms with Gasteiger partial charge < -0.3 is 21.7 Å². The van der Waals surface area contributed by atoms with E-state index in [-0.39, 0.29) is 35.2 Å². The number of hydrogen-bond donors (Lipinski definition) is 4. The minimum absolute atomic E-state index is 0.0195. The average molecular weight is 543 g/mol. The third-order valence-corrected chi connectivity index (χ3v) is 5.91. The molecule has 0 aliphatic heterocycles. The first-order valence-electron chi connectivity index (χ1n) is 10.1. The molecule has 0 radical (unpaired) electrons. The summed E-state index contributed by atoms with van der Waals surface area (Å²) in [5.74, 6) is -2.23. The number of anilines is 1. The van der Waals surface area contributed by atoms with E-state index < -0.39 is 40.5 Å². The van der Waals surface area contributed by atoms with Crippen LogP contribution >= 0.6 is 22.9 Å². The van der Waals surface area contributed by atoms with Crippen molar-refractivity contribution in [3.05, 3.63) is 62.7 Å². The number of carbonyl (C=O) groups is 3. The van der Waals surface area contributed by atoms with E-state index in [0.717, 1.165) is 23.9 Å². The van der Waals surface area contributed by atoms with Crippen molar-refractivity contribution < 1.29 is 27.6 Å². The maximum atomic E-state index is 13.0. The second kappa shape index (κ2) is 11.4. The molecule has 3 heterocycles. The number of halogens is 4. The molecule has 3 amide bonds. The summed E-state index contributed by atoms with van der Waals surface area (Å²) < 4.78 is 39.1. The van der Waals surface area contributed by atoms with E-state index >= 15 is 0 Å². The molecule has 5 N–H and O–H groups in total. The summed E-state index contributed by atoms with van der Waals surface area (Å²) in [6.07, 6.45) is -1.65. The van der Waals surface area contributed by atoms with Gasteiger partial charge in [0.2, 0.25) is 0 Å². The SMILES string of the molecule is CC(NC(=O)c1cc(C(=O)NCCN)ncn1)c1ncc(C(=O)Nc2cc(C(F)(F)F)c(Cl)cn2)s1. The van der Waals surface area contributed by atoms with Gasteiger partial charge in [-0.25, -0.2) is 19.9 Å². The highest BCUT2D eigenvalue weighted by atomic mass is 35.5. The van der Waals surface area contributed by atoms with Gasteiger partial charge in [0.05, 0.1) is 22.8 Å². The first-order valence-corrected chi connectivity index (χ1v) is 11.3. The smallest absolute Gasteiger partial charge is 0.349 e. The summed E-state index contributed by atoms with van der Waals surface area (Å²) in [5.41, 5.74) is 4.11. The molecule has 3 aromatic heterocycles. The molecule has 0 saturated carbocycles. The largest absolute Gasteiger partial charge is 0.418 e. The fourth-order valence-corrected chi connectivity index (χ4v) is 3.74. The molecule has 3 aromatic rings. The van der Waals surface area contributed by atoms with E-state index in [9.17, 15) is 27.6 Å². The molecule has 0 bridgehead atoms. The van der Waals surface area contributed by atoms with Crippen LogP contribution in [0.2, 0.25) is 5.02 Å². The number of pyridine rings is 1. The van der Waals surface area contributed by atoms with E-state index in [0.29, 0.717) is 11.1 Å². The molecule has 0 aromatic carbocycles. The Morgan fingerprint density at radius 2 is 1.75 bits per heavy atom. The van der Waals surface area contributed by atoms with Gasteiger partial charge in [-0.2, -0.15) is 13.2 Å². The van der Waals surface area contributed by atoms with Gasteiger partial charge in [-0.3, -0.25) is 14.4 Å². The Hall–Kier alpha value is -3.69. The number of alkyl halides is 3. The topological polar surface area (TPSA) is 165 Å². The lowest BCUT2D eigenvalue weighted by atomic mass is 10.2. The molecule has 16 heteroatoms. The zero-order chi connectivity index (χ0) is 26.5. The first kappa shape index (κ1) is 26.9. The maximum Gasteiger partial charge on any atom is 0.418 e. The maximum absolute atomic E-state index is 13.0. The van der Waals surface area contributed by atoms with Crippen LogP contribution in [0.1, 0.15) is 54.2 Å². The van der Waals surface area contributed by atoms with Crippen LogP contribution in [0.4, 0.5) is 19.0 Å². The molecule has 0 saturated heterocycles. The van der Waals surface area contributed by atoms with Crippen molar-refractivity contribution >= 4 is 46.5 Å². The molecule has 0 aliphatic carbocycles. The quantitative estimate of drug-likeness (QED) is 0.337. The number of nitrogens with zero attached hydrogens (tertiary/aromatic N) is 4. The average Bonchev–Trinajstić information content (AvgIpc) is 3.34. The van der Waals surface area contributed by atoms with E-state index in [2.05, 4.69) is 35.9 Å². The number of thiazole rings is 1. The van der Waals surface area contributed by atoms with E-state index in [1.165, 1.54) is 12.3 Å². The summed E-state index contributed by atoms with van der Waals surface area (Å²) >= 11 is 6.45. The van der Waals surface area contributed by atoms with E-state index in [1.54, 1.807) is 6.92 Å². The Bertz CT molecular complexity index is 1290. The van der Waals surface area contributed by atoms with Gasteiger partial charge in [0, 0.05) is 25.4 Å². The number of amides is 3. The summed E-state index contributed by atoms with van der Waals surface area (Å²) in [5, 5.41) is 7.16. The summed E-state index contributed by atoms with van der Waals surface area (Å²) in [6.45, 7) is 2.07. The minimum Gasteiger partial charge on any atom is -0.349 e. The Balaban J connectivity index is 1.66. The fourth-order valence-electron chi connectivity index (χ4n) is 2.71. The second-order valence-electron chi connectivity index (χ2n) is 7.09. The van der Waals surface area contributed by atoms with Gasteiger partial charge in [0.15, 0.2) is 0 Å². The van der Waals surface area contributed by atoms with Gasteiger partial charge in [-0.05, 0) is 13.0 Å². The molecule has 190 valence electrons. The van der Waals surface area contributed by atoms with Crippen LogP contribution in [0.15, 0.2) is 30.9 Å². The van der Waals surface area contributed by atoms with E-state index in [1.807, 2.05) is 0 Å². The Labute approximate surface area is 210 Å². The molecule has 1 atom stereocenters. The Morgan fingerprint density at radius 1 is 1.06 bits per heavy atom. The molecule has 0 aliphatic rings. The van der Waals surface area contributed by atoms with Crippen molar-refractivity contribution in [3.63, 3.8) is 0 Å². The van der Waals surface area contributed by atoms with Crippen molar-refractivity contribution in [3.8, 4) is 0 Å². The number of nitrogens with one attached hydrogen (secondary N) is 3. The zero-order valence-electron chi connectivity index (χ0n) is 18.4. The molecule has 11 nitrogen and oxygen atoms in total. The summed E-state index contributed by atoms with van der Waals surface area (Å²) in [4.78, 5) is 52.6. The Kier molecular flexibility index (Phi) is 8.49. The third kappa shape index (κ3) is 6.71. The third-order valence-electron chi connectivity index (χ3n) is 4.43. The summed E-state index contributed by atoms with van der Waals surface area (Å²) in [7, 11) is 0. The predicted molar refractivity (Wildman–Crippen MR) is 124 cm³/mol. The number of carbonyl (C=O) groups excluding carboxylic acids is 3. The van der Waals surface area contributed by atoms with Gasteiger partial charge in [-0.1, -0.05) is 11.6 Å². The highest BCUT2D eigenvalue weighted by molar-refractivity contribution is 7.13. The molecule has 3 rings (SSSR count). The zero-order valence-corrected chi connectivity index (χ0v) is 20.0. The van der Waals surface area contributed by atoms with Crippen molar-refractivity contribution in [2.45, 2.75) is 19.1 Å². The lowest BCUT2D eigenvalue weighted by Crippen LogP contribution is -2.31. The number of nitrogens with two attached hydrogens (primary N) is 1. The predicted octanol–water partition coefficient (Wildman–Crippen LogP) is 2.43. The van der Waals surface area contributed by atoms with Crippen LogP contribution in [0.3, 0.4) is 0 Å². The monoisotopic (exact) mass is 542 g/mol. The van der Waals surface area contributed by atoms with E-state index in [4.69, 9.17) is 17.3 Å². The minimum atomic E-state index is -4.72. The van der Waals surface area contributed by atoms with Crippen molar-refractivity contribution in [2.75, 3.05) is 18.4 Å². The van der Waals surface area contributed by atoms with Gasteiger partial charge >= 0.3 is 6.18 Å². The highest BCUT2D eigenvalue weighted by Gasteiger charge is 2.34. The van der Waals surface area contributed by atoms with Crippen molar-refractivity contribution in [2.24, 2.45) is 5.73 Å². The van der Waals surface area contributed by atoms with Crippen LogP contribution in [-0.4, -0.2) is 50.7 Å². The molecular formula is C20H18ClF3N8O3S. The molecular weight excluding hydrogens is 525 g/mol. The molecule has 1 unspecified atom stereocenters. The van der Waals surface area contributed by atoms with Gasteiger partial charge in [-0.15, -0.1) is 11.3 Å².